The van der Waals surface area contributed by atoms with Gasteiger partial charge in [0.1, 0.15) is 6.10 Å². The molecule has 0 saturated carbocycles. The van der Waals surface area contributed by atoms with Crippen molar-refractivity contribution in [3.63, 3.8) is 0 Å². The highest BCUT2D eigenvalue weighted by Gasteiger charge is 2.15. The maximum Gasteiger partial charge on any atom is 0.253 e. The lowest BCUT2D eigenvalue weighted by Gasteiger charge is -2.12. The Hall–Kier alpha value is -0.780. The Kier molecular flexibility index (Phi) is 4.58. The van der Waals surface area contributed by atoms with Gasteiger partial charge in [0.25, 0.3) is 5.91 Å². The van der Waals surface area contributed by atoms with Crippen molar-refractivity contribution in [2.45, 2.75) is 13.0 Å². The predicted molar refractivity (Wildman–Crippen MR) is 65.9 cm³/mol. The van der Waals surface area contributed by atoms with Crippen LogP contribution in [0.4, 0.5) is 5.69 Å². The van der Waals surface area contributed by atoms with Crippen LogP contribution in [0.15, 0.2) is 16.6 Å². The van der Waals surface area contributed by atoms with Crippen LogP contribution in [0.3, 0.4) is 0 Å². The molecule has 0 unspecified atom stereocenters. The molecular formula is C10H11BrClNO3. The number of carbonyl (C=O) groups is 1. The highest BCUT2D eigenvalue weighted by Crippen LogP contribution is 2.35. The van der Waals surface area contributed by atoms with Gasteiger partial charge < -0.3 is 15.2 Å². The first-order valence-corrected chi connectivity index (χ1v) is 5.64. The Morgan fingerprint density at radius 1 is 1.62 bits per heavy atom. The molecule has 0 bridgehead atoms. The second kappa shape index (κ2) is 5.52. The van der Waals surface area contributed by atoms with E-state index >= 15 is 0 Å². The standard InChI is InChI=1S/C10H11BrClNO3/c1-5(16-2)10(15)13-8-4-6(12)3-7(11)9(8)14/h3-5,14H,1-2H3,(H,13,15)/t5-/m0/s1. The molecule has 1 amide bonds. The number of phenolic OH excluding ortho intramolecular Hbond substituents is 1. The third-order valence-corrected chi connectivity index (χ3v) is 2.83. The molecule has 0 aromatic heterocycles. The zero-order chi connectivity index (χ0) is 12.3. The highest BCUT2D eigenvalue weighted by molar-refractivity contribution is 9.10. The van der Waals surface area contributed by atoms with Crippen molar-refractivity contribution >= 4 is 39.1 Å². The molecule has 0 aliphatic heterocycles. The molecule has 0 aliphatic rings. The Labute approximate surface area is 107 Å². The zero-order valence-corrected chi connectivity index (χ0v) is 11.1. The highest BCUT2D eigenvalue weighted by atomic mass is 79.9. The minimum atomic E-state index is -0.600. The normalized spacial score (nSPS) is 12.2. The maximum atomic E-state index is 11.5. The van der Waals surface area contributed by atoms with Gasteiger partial charge in [0.05, 0.1) is 10.2 Å². The molecule has 0 aliphatic carbocycles. The van der Waals surface area contributed by atoms with Crippen LogP contribution < -0.4 is 5.32 Å². The molecule has 1 atom stereocenters. The van der Waals surface area contributed by atoms with E-state index in [2.05, 4.69) is 21.2 Å². The molecule has 0 saturated heterocycles. The Balaban J connectivity index is 2.93. The average Bonchev–Trinajstić information content (AvgIpc) is 2.23. The number of hydrogen-bond donors (Lipinski definition) is 2. The van der Waals surface area contributed by atoms with E-state index in [9.17, 15) is 9.90 Å². The van der Waals surface area contributed by atoms with Crippen molar-refractivity contribution in [3.8, 4) is 5.75 Å². The summed E-state index contributed by atoms with van der Waals surface area (Å²) in [5.74, 6) is -0.423. The lowest BCUT2D eigenvalue weighted by atomic mass is 10.2. The van der Waals surface area contributed by atoms with Crippen LogP contribution >= 0.6 is 27.5 Å². The predicted octanol–water partition coefficient (Wildman–Crippen LogP) is 2.78. The number of amides is 1. The molecular weight excluding hydrogens is 297 g/mol. The minimum Gasteiger partial charge on any atom is -0.505 e. The number of hydrogen-bond acceptors (Lipinski definition) is 3. The largest absolute Gasteiger partial charge is 0.505 e. The average molecular weight is 309 g/mol. The van der Waals surface area contributed by atoms with E-state index in [0.717, 1.165) is 0 Å². The molecule has 4 nitrogen and oxygen atoms in total. The second-order valence-electron chi connectivity index (χ2n) is 3.15. The summed E-state index contributed by atoms with van der Waals surface area (Å²) in [6, 6.07) is 2.99. The van der Waals surface area contributed by atoms with Crippen LogP contribution in [-0.4, -0.2) is 24.2 Å². The lowest BCUT2D eigenvalue weighted by molar-refractivity contribution is -0.124. The number of anilines is 1. The maximum absolute atomic E-state index is 11.5. The van der Waals surface area contributed by atoms with E-state index < -0.39 is 6.10 Å². The number of rotatable bonds is 3. The van der Waals surface area contributed by atoms with Gasteiger partial charge in [-0.25, -0.2) is 0 Å². The number of ether oxygens (including phenoxy) is 1. The summed E-state index contributed by atoms with van der Waals surface area (Å²) >= 11 is 8.92. The fourth-order valence-electron chi connectivity index (χ4n) is 1.00. The fraction of sp³-hybridized carbons (Fsp3) is 0.300. The summed E-state index contributed by atoms with van der Waals surface area (Å²) in [6.45, 7) is 1.60. The molecule has 6 heteroatoms. The number of halogens is 2. The molecule has 2 N–H and O–H groups in total. The van der Waals surface area contributed by atoms with E-state index in [-0.39, 0.29) is 17.3 Å². The zero-order valence-electron chi connectivity index (χ0n) is 8.75. The summed E-state index contributed by atoms with van der Waals surface area (Å²) in [5.41, 5.74) is 0.244. The van der Waals surface area contributed by atoms with Crippen molar-refractivity contribution in [3.05, 3.63) is 21.6 Å². The van der Waals surface area contributed by atoms with Crippen molar-refractivity contribution in [2.24, 2.45) is 0 Å². The van der Waals surface area contributed by atoms with E-state index in [4.69, 9.17) is 16.3 Å². The summed E-state index contributed by atoms with van der Waals surface area (Å²) in [4.78, 5) is 11.5. The van der Waals surface area contributed by atoms with Crippen LogP contribution in [0.1, 0.15) is 6.92 Å². The third kappa shape index (κ3) is 3.10. The monoisotopic (exact) mass is 307 g/mol. The summed E-state index contributed by atoms with van der Waals surface area (Å²) in [6.07, 6.45) is -0.600. The second-order valence-corrected chi connectivity index (χ2v) is 4.44. The number of phenols is 1. The van der Waals surface area contributed by atoms with E-state index in [1.165, 1.54) is 19.2 Å². The number of nitrogens with one attached hydrogen (secondary N) is 1. The molecule has 1 aromatic carbocycles. The van der Waals surface area contributed by atoms with Crippen molar-refractivity contribution in [1.29, 1.82) is 0 Å². The van der Waals surface area contributed by atoms with Crippen molar-refractivity contribution in [2.75, 3.05) is 12.4 Å². The van der Waals surface area contributed by atoms with Gasteiger partial charge in [-0.05, 0) is 35.0 Å². The molecule has 0 fully saturated rings. The van der Waals surface area contributed by atoms with Crippen LogP contribution in [0.25, 0.3) is 0 Å². The Morgan fingerprint density at radius 3 is 2.81 bits per heavy atom. The molecule has 0 heterocycles. The quantitative estimate of drug-likeness (QED) is 0.844. The molecule has 0 radical (unpaired) electrons. The molecule has 1 aromatic rings. The number of methoxy groups -OCH3 is 1. The van der Waals surface area contributed by atoms with E-state index in [1.54, 1.807) is 6.92 Å². The smallest absolute Gasteiger partial charge is 0.253 e. The van der Waals surface area contributed by atoms with Gasteiger partial charge in [0.2, 0.25) is 0 Å². The first-order chi connectivity index (χ1) is 7.45. The lowest BCUT2D eigenvalue weighted by Crippen LogP contribution is -2.26. The van der Waals surface area contributed by atoms with Gasteiger partial charge >= 0.3 is 0 Å². The van der Waals surface area contributed by atoms with E-state index in [0.29, 0.717) is 9.50 Å². The van der Waals surface area contributed by atoms with Crippen LogP contribution in [0.2, 0.25) is 5.02 Å². The van der Waals surface area contributed by atoms with Crippen molar-refractivity contribution in [1.82, 2.24) is 0 Å². The summed E-state index contributed by atoms with van der Waals surface area (Å²) in [7, 11) is 1.43. The minimum absolute atomic E-state index is 0.0685. The van der Waals surface area contributed by atoms with E-state index in [1.807, 2.05) is 0 Å². The summed E-state index contributed by atoms with van der Waals surface area (Å²) < 4.78 is 5.26. The first-order valence-electron chi connectivity index (χ1n) is 4.47. The van der Waals surface area contributed by atoms with Gasteiger partial charge in [0.15, 0.2) is 5.75 Å². The molecule has 88 valence electrons. The number of benzene rings is 1. The number of carbonyl (C=O) groups excluding carboxylic acids is 1. The van der Waals surface area contributed by atoms with Crippen molar-refractivity contribution < 1.29 is 14.6 Å². The molecule has 0 spiro atoms. The van der Waals surface area contributed by atoms with Gasteiger partial charge in [-0.1, -0.05) is 11.6 Å². The van der Waals surface area contributed by atoms with Crippen LogP contribution in [0, 0.1) is 0 Å². The third-order valence-electron chi connectivity index (χ3n) is 2.01. The van der Waals surface area contributed by atoms with Gasteiger partial charge in [-0.15, -0.1) is 0 Å². The van der Waals surface area contributed by atoms with Gasteiger partial charge in [0, 0.05) is 12.1 Å². The SMILES string of the molecule is CO[C@@H](C)C(=O)Nc1cc(Cl)cc(Br)c1O. The molecule has 1 rings (SSSR count). The van der Waals surface area contributed by atoms with Crippen LogP contribution in [0.5, 0.6) is 5.75 Å². The summed E-state index contributed by atoms with van der Waals surface area (Å²) in [5, 5.41) is 12.6. The topological polar surface area (TPSA) is 58.6 Å². The van der Waals surface area contributed by atoms with Crippen LogP contribution in [-0.2, 0) is 9.53 Å². The number of aromatic hydroxyl groups is 1. The fourth-order valence-corrected chi connectivity index (χ4v) is 1.81. The van der Waals surface area contributed by atoms with Gasteiger partial charge in [-0.2, -0.15) is 0 Å². The molecule has 16 heavy (non-hydrogen) atoms. The first kappa shape index (κ1) is 13.3. The van der Waals surface area contributed by atoms with Gasteiger partial charge in [-0.3, -0.25) is 4.79 Å². The Bertz CT molecular complexity index is 411. The Morgan fingerprint density at radius 2 is 2.25 bits per heavy atom.